The molecule has 1 heterocycles. The maximum absolute atomic E-state index is 14.1. The van der Waals surface area contributed by atoms with Gasteiger partial charge in [0.2, 0.25) is 5.91 Å². The van der Waals surface area contributed by atoms with E-state index in [9.17, 15) is 14.0 Å². The Hall–Kier alpha value is -3.19. The van der Waals surface area contributed by atoms with Gasteiger partial charge in [0, 0.05) is 10.6 Å². The molecule has 1 aromatic heterocycles. The minimum atomic E-state index is -0.683. The summed E-state index contributed by atoms with van der Waals surface area (Å²) in [6.07, 6.45) is 1.19. The first-order valence-electron chi connectivity index (χ1n) is 8.08. The van der Waals surface area contributed by atoms with Gasteiger partial charge >= 0.3 is 0 Å². The molecular weight excluding hydrogens is 371 g/mol. The predicted molar refractivity (Wildman–Crippen MR) is 99.5 cm³/mol. The lowest BCUT2D eigenvalue weighted by molar-refractivity contribution is -0.118. The summed E-state index contributed by atoms with van der Waals surface area (Å²) in [5.74, 6) is -1.59. The fraction of sp³-hybridized carbons (Fsp3) is 0.105. The maximum Gasteiger partial charge on any atom is 0.255 e. The maximum atomic E-state index is 14.1. The van der Waals surface area contributed by atoms with E-state index in [1.54, 1.807) is 36.4 Å². The number of aromatic nitrogens is 2. The molecular formula is C19H16ClFN4O2. The summed E-state index contributed by atoms with van der Waals surface area (Å²) in [7, 11) is 0. The van der Waals surface area contributed by atoms with Crippen molar-refractivity contribution in [2.75, 3.05) is 0 Å². The van der Waals surface area contributed by atoms with Gasteiger partial charge in [-0.1, -0.05) is 35.9 Å². The van der Waals surface area contributed by atoms with Crippen LogP contribution in [-0.2, 0) is 4.79 Å². The molecule has 3 aromatic rings. The number of benzene rings is 2. The Balaban J connectivity index is 1.90. The summed E-state index contributed by atoms with van der Waals surface area (Å²) in [5.41, 5.74) is 6.55. The van der Waals surface area contributed by atoms with Crippen LogP contribution in [0.2, 0.25) is 5.02 Å². The zero-order valence-corrected chi connectivity index (χ0v) is 14.8. The number of carbonyl (C=O) groups is 2. The highest BCUT2D eigenvalue weighted by Gasteiger charge is 2.22. The molecule has 2 aromatic carbocycles. The molecule has 0 radical (unpaired) electrons. The molecule has 8 heteroatoms. The van der Waals surface area contributed by atoms with Crippen LogP contribution >= 0.6 is 11.6 Å². The number of amides is 2. The molecule has 138 valence electrons. The van der Waals surface area contributed by atoms with Gasteiger partial charge in [0.25, 0.3) is 5.91 Å². The van der Waals surface area contributed by atoms with Gasteiger partial charge in [-0.25, -0.2) is 4.39 Å². The van der Waals surface area contributed by atoms with Crippen LogP contribution in [0.25, 0.3) is 11.3 Å². The first-order chi connectivity index (χ1) is 13.0. The average Bonchev–Trinajstić information content (AvgIpc) is 3.11. The molecule has 27 heavy (non-hydrogen) atoms. The van der Waals surface area contributed by atoms with Crippen LogP contribution in [0.3, 0.4) is 0 Å². The Morgan fingerprint density at radius 1 is 1.22 bits per heavy atom. The number of aromatic amines is 1. The number of halogens is 2. The summed E-state index contributed by atoms with van der Waals surface area (Å²) in [5, 5.41) is 9.70. The smallest absolute Gasteiger partial charge is 0.255 e. The lowest BCUT2D eigenvalue weighted by Crippen LogP contribution is -2.32. The van der Waals surface area contributed by atoms with Crippen LogP contribution in [0.5, 0.6) is 0 Å². The summed E-state index contributed by atoms with van der Waals surface area (Å²) >= 11 is 6.00. The molecule has 0 bridgehead atoms. The van der Waals surface area contributed by atoms with Crippen LogP contribution in [-0.4, -0.2) is 22.0 Å². The van der Waals surface area contributed by atoms with E-state index in [1.807, 2.05) is 0 Å². The summed E-state index contributed by atoms with van der Waals surface area (Å²) in [6, 6.07) is 12.1. The van der Waals surface area contributed by atoms with Crippen LogP contribution < -0.4 is 11.1 Å². The lowest BCUT2D eigenvalue weighted by Gasteiger charge is -2.18. The lowest BCUT2D eigenvalue weighted by atomic mass is 10.0. The van der Waals surface area contributed by atoms with Crippen molar-refractivity contribution in [3.05, 3.63) is 76.7 Å². The molecule has 0 unspecified atom stereocenters. The highest BCUT2D eigenvalue weighted by atomic mass is 35.5. The largest absolute Gasteiger partial charge is 0.370 e. The zero-order valence-electron chi connectivity index (χ0n) is 14.1. The Labute approximate surface area is 159 Å². The number of H-pyrrole nitrogens is 1. The number of hydrogen-bond donors (Lipinski definition) is 3. The van der Waals surface area contributed by atoms with Crippen molar-refractivity contribution in [2.24, 2.45) is 5.73 Å². The Kier molecular flexibility index (Phi) is 5.52. The van der Waals surface area contributed by atoms with E-state index >= 15 is 0 Å². The average molecular weight is 387 g/mol. The molecule has 0 aliphatic rings. The van der Waals surface area contributed by atoms with E-state index in [2.05, 4.69) is 15.5 Å². The Bertz CT molecular complexity index is 989. The van der Waals surface area contributed by atoms with E-state index < -0.39 is 23.7 Å². The molecule has 0 fully saturated rings. The zero-order chi connectivity index (χ0) is 19.4. The van der Waals surface area contributed by atoms with Crippen LogP contribution in [0, 0.1) is 5.82 Å². The molecule has 0 aliphatic heterocycles. The van der Waals surface area contributed by atoms with Gasteiger partial charge in [-0.3, -0.25) is 14.7 Å². The first kappa shape index (κ1) is 18.6. The Morgan fingerprint density at radius 3 is 2.70 bits per heavy atom. The van der Waals surface area contributed by atoms with Crippen molar-refractivity contribution in [3.8, 4) is 11.3 Å². The molecule has 0 aliphatic carbocycles. The highest BCUT2D eigenvalue weighted by molar-refractivity contribution is 6.30. The number of nitrogens with one attached hydrogen (secondary N) is 2. The minimum absolute atomic E-state index is 0.112. The third kappa shape index (κ3) is 4.32. The van der Waals surface area contributed by atoms with Gasteiger partial charge in [-0.2, -0.15) is 5.10 Å². The monoisotopic (exact) mass is 386 g/mol. The van der Waals surface area contributed by atoms with Crippen molar-refractivity contribution in [3.63, 3.8) is 0 Å². The first-order valence-corrected chi connectivity index (χ1v) is 8.46. The molecule has 1 atom stereocenters. The third-order valence-corrected chi connectivity index (χ3v) is 4.22. The highest BCUT2D eigenvalue weighted by Crippen LogP contribution is 2.26. The van der Waals surface area contributed by atoms with Gasteiger partial charge in [-0.05, 0) is 29.8 Å². The number of hydrogen-bond acceptors (Lipinski definition) is 3. The molecule has 0 saturated carbocycles. The number of primary amides is 1. The van der Waals surface area contributed by atoms with Crippen molar-refractivity contribution >= 4 is 23.4 Å². The van der Waals surface area contributed by atoms with Crippen LogP contribution in [0.4, 0.5) is 4.39 Å². The number of nitrogens with two attached hydrogens (primary N) is 1. The standard InChI is InChI=1S/C19H16ClFN4O2/c20-12-5-3-4-11(8-12)16(9-17(22)26)24-19(27)14-10-23-25-18(14)13-6-1-2-7-15(13)21/h1-8,10,16H,9H2,(H2,22,26)(H,23,25)(H,24,27)/t16-/m1/s1. The van der Waals surface area contributed by atoms with Crippen molar-refractivity contribution in [1.29, 1.82) is 0 Å². The SMILES string of the molecule is NC(=O)C[C@@H](NC(=O)c1cn[nH]c1-c1ccccc1F)c1cccc(Cl)c1. The fourth-order valence-corrected chi connectivity index (χ4v) is 2.94. The van der Waals surface area contributed by atoms with Gasteiger partial charge in [0.05, 0.1) is 29.9 Å². The molecule has 3 rings (SSSR count). The van der Waals surface area contributed by atoms with Crippen molar-refractivity contribution < 1.29 is 14.0 Å². The molecule has 0 saturated heterocycles. The molecule has 6 nitrogen and oxygen atoms in total. The summed E-state index contributed by atoms with van der Waals surface area (Å²) in [4.78, 5) is 24.2. The van der Waals surface area contributed by atoms with E-state index in [0.717, 1.165) is 0 Å². The predicted octanol–water partition coefficient (Wildman–Crippen LogP) is 3.22. The summed E-state index contributed by atoms with van der Waals surface area (Å²) in [6.45, 7) is 0. The normalized spacial score (nSPS) is 11.8. The quantitative estimate of drug-likeness (QED) is 0.606. The summed E-state index contributed by atoms with van der Waals surface area (Å²) < 4.78 is 14.1. The second-order valence-electron chi connectivity index (χ2n) is 5.89. The van der Waals surface area contributed by atoms with E-state index in [1.165, 1.54) is 18.3 Å². The van der Waals surface area contributed by atoms with E-state index in [4.69, 9.17) is 17.3 Å². The molecule has 4 N–H and O–H groups in total. The van der Waals surface area contributed by atoms with Gasteiger partial charge in [0.1, 0.15) is 5.82 Å². The van der Waals surface area contributed by atoms with Gasteiger partial charge in [0.15, 0.2) is 0 Å². The molecule has 0 spiro atoms. The minimum Gasteiger partial charge on any atom is -0.370 e. The van der Waals surface area contributed by atoms with Crippen LogP contribution in [0.15, 0.2) is 54.7 Å². The number of rotatable bonds is 6. The van der Waals surface area contributed by atoms with Gasteiger partial charge < -0.3 is 11.1 Å². The van der Waals surface area contributed by atoms with Gasteiger partial charge in [-0.15, -0.1) is 0 Å². The second-order valence-corrected chi connectivity index (χ2v) is 6.33. The Morgan fingerprint density at radius 2 is 2.00 bits per heavy atom. The van der Waals surface area contributed by atoms with E-state index in [-0.39, 0.29) is 23.2 Å². The van der Waals surface area contributed by atoms with Crippen LogP contribution in [0.1, 0.15) is 28.4 Å². The number of carbonyl (C=O) groups excluding carboxylic acids is 2. The van der Waals surface area contributed by atoms with Crippen molar-refractivity contribution in [2.45, 2.75) is 12.5 Å². The fourth-order valence-electron chi connectivity index (χ4n) is 2.74. The van der Waals surface area contributed by atoms with Crippen molar-refractivity contribution in [1.82, 2.24) is 15.5 Å². The number of nitrogens with zero attached hydrogens (tertiary/aromatic N) is 1. The third-order valence-electron chi connectivity index (χ3n) is 3.99. The topological polar surface area (TPSA) is 101 Å². The second kappa shape index (κ2) is 8.01. The van der Waals surface area contributed by atoms with E-state index in [0.29, 0.717) is 10.6 Å². The molecule has 2 amide bonds.